The number of nitrogens with one attached hydrogen (secondary N) is 1. The van der Waals surface area contributed by atoms with Gasteiger partial charge in [-0.2, -0.15) is 0 Å². The van der Waals surface area contributed by atoms with Gasteiger partial charge in [-0.3, -0.25) is 4.79 Å². The zero-order valence-corrected chi connectivity index (χ0v) is 15.9. The van der Waals surface area contributed by atoms with Crippen LogP contribution in [0.5, 0.6) is 0 Å². The van der Waals surface area contributed by atoms with Gasteiger partial charge in [0, 0.05) is 13.6 Å². The zero-order valence-electron chi connectivity index (χ0n) is 15.9. The molecule has 1 atom stereocenters. The van der Waals surface area contributed by atoms with E-state index >= 15 is 0 Å². The second-order valence-corrected chi connectivity index (χ2v) is 7.58. The van der Waals surface area contributed by atoms with Crippen molar-refractivity contribution in [3.05, 3.63) is 71.5 Å². The molecule has 0 saturated carbocycles. The maximum atomic E-state index is 13.2. The molecular formula is C22H23N5O. The fourth-order valence-electron chi connectivity index (χ4n) is 4.46. The summed E-state index contributed by atoms with van der Waals surface area (Å²) in [5.74, 6) is -0.105. The summed E-state index contributed by atoms with van der Waals surface area (Å²) >= 11 is 0. The first kappa shape index (κ1) is 17.1. The van der Waals surface area contributed by atoms with E-state index in [9.17, 15) is 4.79 Å². The number of amides is 1. The Morgan fingerprint density at radius 3 is 2.43 bits per heavy atom. The molecule has 3 aromatic rings. The number of nitrogens with zero attached hydrogens (tertiary/aromatic N) is 4. The van der Waals surface area contributed by atoms with Crippen LogP contribution in [0, 0.1) is 0 Å². The van der Waals surface area contributed by atoms with Gasteiger partial charge in [-0.05, 0) is 41.6 Å². The summed E-state index contributed by atoms with van der Waals surface area (Å²) in [4.78, 5) is 15.0. The van der Waals surface area contributed by atoms with E-state index in [-0.39, 0.29) is 18.0 Å². The largest absolute Gasteiger partial charge is 0.329 e. The molecule has 1 N–H and O–H groups in total. The van der Waals surface area contributed by atoms with Crippen molar-refractivity contribution < 1.29 is 4.79 Å². The molecule has 5 rings (SSSR count). The molecule has 0 bridgehead atoms. The Labute approximate surface area is 164 Å². The average Bonchev–Trinajstić information content (AvgIpc) is 3.37. The highest BCUT2D eigenvalue weighted by molar-refractivity contribution is 5.93. The summed E-state index contributed by atoms with van der Waals surface area (Å²) in [5.41, 5.74) is 5.10. The lowest BCUT2D eigenvalue weighted by atomic mass is 10.0. The van der Waals surface area contributed by atoms with Crippen molar-refractivity contribution in [1.82, 2.24) is 25.2 Å². The highest BCUT2D eigenvalue weighted by Crippen LogP contribution is 2.45. The summed E-state index contributed by atoms with van der Waals surface area (Å²) in [6.45, 7) is 1.91. The Morgan fingerprint density at radius 1 is 1.11 bits per heavy atom. The highest BCUT2D eigenvalue weighted by atomic mass is 16.2. The topological polar surface area (TPSA) is 63.1 Å². The van der Waals surface area contributed by atoms with E-state index in [1.54, 1.807) is 11.1 Å². The minimum absolute atomic E-state index is 0.105. The summed E-state index contributed by atoms with van der Waals surface area (Å²) in [6, 6.07) is 16.8. The van der Waals surface area contributed by atoms with E-state index < -0.39 is 0 Å². The Bertz CT molecular complexity index is 976. The minimum atomic E-state index is -0.110. The van der Waals surface area contributed by atoms with Crippen molar-refractivity contribution in [2.24, 2.45) is 0 Å². The van der Waals surface area contributed by atoms with Gasteiger partial charge >= 0.3 is 0 Å². The van der Waals surface area contributed by atoms with E-state index in [0.717, 1.165) is 37.1 Å². The van der Waals surface area contributed by atoms with Crippen LogP contribution in [0.2, 0.25) is 0 Å². The van der Waals surface area contributed by atoms with Gasteiger partial charge in [0.1, 0.15) is 0 Å². The summed E-state index contributed by atoms with van der Waals surface area (Å²) in [7, 11) is 1.85. The van der Waals surface area contributed by atoms with Crippen LogP contribution >= 0.6 is 0 Å². The minimum Gasteiger partial charge on any atom is -0.329 e. The Morgan fingerprint density at radius 2 is 1.79 bits per heavy atom. The SMILES string of the molecule is CN(C(=O)c1cn([C@H]2CCCNC2)nn1)C1c2ccccc2-c2ccccc21. The predicted molar refractivity (Wildman–Crippen MR) is 107 cm³/mol. The highest BCUT2D eigenvalue weighted by Gasteiger charge is 2.34. The first-order valence-corrected chi connectivity index (χ1v) is 9.82. The molecule has 0 unspecified atom stereocenters. The summed E-state index contributed by atoms with van der Waals surface area (Å²) in [6.07, 6.45) is 3.97. The smallest absolute Gasteiger partial charge is 0.276 e. The Balaban J connectivity index is 1.46. The molecule has 6 nitrogen and oxygen atoms in total. The third-order valence-corrected chi connectivity index (χ3v) is 5.88. The molecule has 2 heterocycles. The average molecular weight is 373 g/mol. The molecule has 1 amide bonds. The number of hydrogen-bond donors (Lipinski definition) is 1. The zero-order chi connectivity index (χ0) is 19.1. The van der Waals surface area contributed by atoms with Crippen molar-refractivity contribution in [3.8, 4) is 11.1 Å². The molecule has 1 aromatic heterocycles. The van der Waals surface area contributed by atoms with Gasteiger partial charge in [0.05, 0.1) is 18.3 Å². The first-order chi connectivity index (χ1) is 13.7. The lowest BCUT2D eigenvalue weighted by Gasteiger charge is -2.26. The lowest BCUT2D eigenvalue weighted by Crippen LogP contribution is -2.32. The third kappa shape index (κ3) is 2.72. The van der Waals surface area contributed by atoms with Crippen LogP contribution in [-0.4, -0.2) is 45.9 Å². The summed E-state index contributed by atoms with van der Waals surface area (Å²) < 4.78 is 1.84. The van der Waals surface area contributed by atoms with Crippen LogP contribution in [-0.2, 0) is 0 Å². The first-order valence-electron chi connectivity index (χ1n) is 9.82. The van der Waals surface area contributed by atoms with Crippen molar-refractivity contribution in [2.75, 3.05) is 20.1 Å². The van der Waals surface area contributed by atoms with E-state index in [1.165, 1.54) is 11.1 Å². The fourth-order valence-corrected chi connectivity index (χ4v) is 4.46. The monoisotopic (exact) mass is 373 g/mol. The molecule has 1 fully saturated rings. The van der Waals surface area contributed by atoms with Gasteiger partial charge in [0.2, 0.25) is 0 Å². The van der Waals surface area contributed by atoms with Gasteiger partial charge in [-0.15, -0.1) is 5.10 Å². The van der Waals surface area contributed by atoms with E-state index in [1.807, 2.05) is 36.0 Å². The summed E-state index contributed by atoms with van der Waals surface area (Å²) in [5, 5.41) is 11.8. The molecule has 1 aliphatic carbocycles. The van der Waals surface area contributed by atoms with Crippen LogP contribution < -0.4 is 5.32 Å². The van der Waals surface area contributed by atoms with Crippen LogP contribution in [0.15, 0.2) is 54.7 Å². The molecule has 142 valence electrons. The van der Waals surface area contributed by atoms with Gasteiger partial charge in [-0.1, -0.05) is 53.7 Å². The second-order valence-electron chi connectivity index (χ2n) is 7.58. The molecule has 28 heavy (non-hydrogen) atoms. The predicted octanol–water partition coefficient (Wildman–Crippen LogP) is 3.04. The maximum Gasteiger partial charge on any atom is 0.276 e. The van der Waals surface area contributed by atoms with Gasteiger partial charge in [0.15, 0.2) is 5.69 Å². The van der Waals surface area contributed by atoms with Crippen LogP contribution in [0.1, 0.15) is 46.5 Å². The van der Waals surface area contributed by atoms with Crippen molar-refractivity contribution >= 4 is 5.91 Å². The molecule has 1 saturated heterocycles. The number of benzene rings is 2. The number of rotatable bonds is 3. The van der Waals surface area contributed by atoms with Crippen molar-refractivity contribution in [3.63, 3.8) is 0 Å². The number of carbonyl (C=O) groups is 1. The molecule has 1 aliphatic heterocycles. The number of fused-ring (bicyclic) bond motifs is 3. The van der Waals surface area contributed by atoms with Gasteiger partial charge < -0.3 is 10.2 Å². The number of carbonyl (C=O) groups excluding carboxylic acids is 1. The van der Waals surface area contributed by atoms with Gasteiger partial charge in [-0.25, -0.2) is 4.68 Å². The standard InChI is InChI=1S/C22H23N5O/c1-26(22(28)20-14-27(25-24-20)15-7-6-12-23-13-15)21-18-10-4-2-8-16(18)17-9-3-5-11-19(17)21/h2-5,8-11,14-15,21,23H,6-7,12-13H2,1H3/t15-/m0/s1. The normalized spacial score (nSPS) is 18.5. The van der Waals surface area contributed by atoms with Crippen LogP contribution in [0.3, 0.4) is 0 Å². The Hall–Kier alpha value is -2.99. The second kappa shape index (κ2) is 6.87. The van der Waals surface area contributed by atoms with Crippen LogP contribution in [0.25, 0.3) is 11.1 Å². The van der Waals surface area contributed by atoms with E-state index in [2.05, 4.69) is 39.9 Å². The van der Waals surface area contributed by atoms with Crippen molar-refractivity contribution in [1.29, 1.82) is 0 Å². The molecule has 2 aromatic carbocycles. The van der Waals surface area contributed by atoms with E-state index in [0.29, 0.717) is 5.69 Å². The Kier molecular flexibility index (Phi) is 4.20. The lowest BCUT2D eigenvalue weighted by molar-refractivity contribution is 0.0751. The molecule has 2 aliphatic rings. The van der Waals surface area contributed by atoms with Gasteiger partial charge in [0.25, 0.3) is 5.91 Å². The molecule has 0 spiro atoms. The molecule has 6 heteroatoms. The number of piperidine rings is 1. The molecule has 0 radical (unpaired) electrons. The quantitative estimate of drug-likeness (QED) is 0.766. The maximum absolute atomic E-state index is 13.2. The van der Waals surface area contributed by atoms with Crippen molar-refractivity contribution in [2.45, 2.75) is 24.9 Å². The third-order valence-electron chi connectivity index (χ3n) is 5.88. The van der Waals surface area contributed by atoms with E-state index in [4.69, 9.17) is 0 Å². The fraction of sp³-hybridized carbons (Fsp3) is 0.318. The molecular weight excluding hydrogens is 350 g/mol. The van der Waals surface area contributed by atoms with Crippen LogP contribution in [0.4, 0.5) is 0 Å². The number of aromatic nitrogens is 3. The number of hydrogen-bond acceptors (Lipinski definition) is 4.